The number of rotatable bonds is 8. The molecule has 1 aromatic rings. The molecule has 5 N–H and O–H groups in total. The van der Waals surface area contributed by atoms with Gasteiger partial charge in [-0.3, -0.25) is 4.79 Å². The van der Waals surface area contributed by atoms with Crippen LogP contribution >= 0.6 is 0 Å². The number of aliphatic carboxylic acids is 1. The molecule has 0 aromatic heterocycles. The summed E-state index contributed by atoms with van der Waals surface area (Å²) in [6, 6.07) is 4.57. The second kappa shape index (κ2) is 14.6. The molecule has 7 rings (SSSR count). The van der Waals surface area contributed by atoms with Crippen LogP contribution in [-0.4, -0.2) is 88.0 Å². The molecule has 11 heteroatoms. The molecule has 6 aliphatic rings. The maximum absolute atomic E-state index is 13.1. The molecule has 57 heavy (non-hydrogen) atoms. The van der Waals surface area contributed by atoms with Crippen molar-refractivity contribution in [3.63, 3.8) is 0 Å². The molecule has 0 bridgehead atoms. The number of carboxylic acids is 1. The minimum atomic E-state index is -1.58. The molecular weight excluding hydrogens is 728 g/mol. The smallest absolute Gasteiger partial charge is 0.331 e. The van der Waals surface area contributed by atoms with E-state index < -0.39 is 54.7 Å². The van der Waals surface area contributed by atoms with Gasteiger partial charge >= 0.3 is 11.9 Å². The van der Waals surface area contributed by atoms with Crippen molar-refractivity contribution in [2.75, 3.05) is 13.7 Å². The van der Waals surface area contributed by atoms with Crippen LogP contribution in [0.4, 0.5) is 0 Å². The lowest BCUT2D eigenvalue weighted by Gasteiger charge is -2.71. The first kappa shape index (κ1) is 42.2. The quantitative estimate of drug-likeness (QED) is 0.0792. The Hall–Kier alpha value is -2.96. The largest absolute Gasteiger partial charge is 0.504 e. The van der Waals surface area contributed by atoms with Gasteiger partial charge in [-0.1, -0.05) is 66.2 Å². The molecule has 1 aromatic carbocycles. The van der Waals surface area contributed by atoms with Gasteiger partial charge in [0, 0.05) is 6.08 Å². The van der Waals surface area contributed by atoms with Gasteiger partial charge in [0.25, 0.3) is 0 Å². The molecule has 0 spiro atoms. The summed E-state index contributed by atoms with van der Waals surface area (Å²) in [5, 5.41) is 53.5. The van der Waals surface area contributed by atoms with E-state index in [9.17, 15) is 35.1 Å². The Morgan fingerprint density at radius 1 is 0.930 bits per heavy atom. The molecule has 0 amide bonds. The summed E-state index contributed by atoms with van der Waals surface area (Å²) in [6.45, 7) is 16.0. The van der Waals surface area contributed by atoms with Gasteiger partial charge in [-0.05, 0) is 133 Å². The van der Waals surface area contributed by atoms with Crippen molar-refractivity contribution in [2.45, 2.75) is 149 Å². The number of fused-ring (bicyclic) bond motifs is 7. The number of carboxylic acid groups (broad SMARTS) is 1. The van der Waals surface area contributed by atoms with Gasteiger partial charge in [0.15, 0.2) is 23.9 Å². The number of carbonyl (C=O) groups excluding carboxylic acids is 1. The van der Waals surface area contributed by atoms with E-state index in [0.717, 1.165) is 70.3 Å². The maximum Gasteiger partial charge on any atom is 0.331 e. The van der Waals surface area contributed by atoms with E-state index >= 15 is 0 Å². The van der Waals surface area contributed by atoms with Gasteiger partial charge in [-0.15, -0.1) is 0 Å². The molecule has 13 unspecified atom stereocenters. The first-order chi connectivity index (χ1) is 26.7. The fraction of sp³-hybridized carbons (Fsp3) is 0.739. The van der Waals surface area contributed by atoms with Crippen molar-refractivity contribution >= 4 is 18.0 Å². The van der Waals surface area contributed by atoms with Gasteiger partial charge in [0.2, 0.25) is 0 Å². The van der Waals surface area contributed by atoms with Crippen LogP contribution in [0.3, 0.4) is 0 Å². The second-order valence-corrected chi connectivity index (χ2v) is 20.5. The molecule has 5 aliphatic carbocycles. The average molecular weight is 795 g/mol. The maximum atomic E-state index is 13.1. The highest BCUT2D eigenvalue weighted by Crippen LogP contribution is 2.76. The summed E-state index contributed by atoms with van der Waals surface area (Å²) in [4.78, 5) is 25.9. The van der Waals surface area contributed by atoms with Gasteiger partial charge in [-0.25, -0.2) is 4.79 Å². The lowest BCUT2D eigenvalue weighted by atomic mass is 9.33. The minimum absolute atomic E-state index is 0.00810. The molecule has 316 valence electrons. The third-order valence-corrected chi connectivity index (χ3v) is 17.0. The second-order valence-electron chi connectivity index (χ2n) is 20.5. The Kier molecular flexibility index (Phi) is 10.8. The van der Waals surface area contributed by atoms with Crippen molar-refractivity contribution in [2.24, 2.45) is 50.2 Å². The number of benzene rings is 1. The van der Waals surface area contributed by atoms with Crippen LogP contribution in [0.1, 0.15) is 118 Å². The van der Waals surface area contributed by atoms with E-state index in [2.05, 4.69) is 54.5 Å². The number of aliphatic hydroxyl groups excluding tert-OH is 3. The molecule has 11 nitrogen and oxygen atoms in total. The number of hydrogen-bond donors (Lipinski definition) is 5. The van der Waals surface area contributed by atoms with E-state index in [1.54, 1.807) is 12.1 Å². The van der Waals surface area contributed by atoms with Gasteiger partial charge in [-0.2, -0.15) is 0 Å². The summed E-state index contributed by atoms with van der Waals surface area (Å²) in [5.41, 5.74) is 1.02. The molecule has 4 saturated carbocycles. The summed E-state index contributed by atoms with van der Waals surface area (Å²) in [6.07, 6.45) is 6.81. The first-order valence-electron chi connectivity index (χ1n) is 21.1. The highest BCUT2D eigenvalue weighted by atomic mass is 16.7. The zero-order chi connectivity index (χ0) is 41.5. The number of phenolic OH excluding ortho intramolecular Hbond substituents is 1. The van der Waals surface area contributed by atoms with Gasteiger partial charge in [0.1, 0.15) is 18.3 Å². The highest BCUT2D eigenvalue weighted by Gasteiger charge is 2.69. The molecule has 1 heterocycles. The van der Waals surface area contributed by atoms with Crippen molar-refractivity contribution in [3.8, 4) is 11.5 Å². The third kappa shape index (κ3) is 6.66. The third-order valence-electron chi connectivity index (χ3n) is 17.0. The Bertz CT molecular complexity index is 1780. The van der Waals surface area contributed by atoms with Crippen LogP contribution in [-0.2, 0) is 23.8 Å². The van der Waals surface area contributed by atoms with Gasteiger partial charge < -0.3 is 44.5 Å². The van der Waals surface area contributed by atoms with E-state index in [1.165, 1.54) is 24.8 Å². The van der Waals surface area contributed by atoms with Crippen molar-refractivity contribution < 1.29 is 54.1 Å². The monoisotopic (exact) mass is 794 g/mol. The summed E-state index contributed by atoms with van der Waals surface area (Å²) in [5.74, 6) is -0.467. The molecule has 1 saturated heterocycles. The van der Waals surface area contributed by atoms with Crippen molar-refractivity contribution in [1.29, 1.82) is 0 Å². The van der Waals surface area contributed by atoms with E-state index in [-0.39, 0.29) is 50.6 Å². The number of esters is 1. The number of methoxy groups -OCH3 is 1. The Morgan fingerprint density at radius 3 is 2.33 bits per heavy atom. The number of hydrogen-bond acceptors (Lipinski definition) is 10. The van der Waals surface area contributed by atoms with Crippen LogP contribution in [0.15, 0.2) is 35.9 Å². The lowest BCUT2D eigenvalue weighted by Crippen LogP contribution is -2.66. The summed E-state index contributed by atoms with van der Waals surface area (Å²) < 4.78 is 23.3. The summed E-state index contributed by atoms with van der Waals surface area (Å²) >= 11 is 0. The zero-order valence-electron chi connectivity index (χ0n) is 35.1. The minimum Gasteiger partial charge on any atom is -0.504 e. The molecule has 5 fully saturated rings. The molecular formula is C46H66O11. The standard InChI is InChI=1S/C46H66O11/c1-41(2)19-21-46(40(52)53)22-20-44(6)27(28(46)24-41)11-13-33-43(5)17-16-34(42(3,4)32(43)15-18-45(33,44)7)56-39-37(51)36(50)38(31(25-47)55-39)57-35(49)14-10-26-9-12-29(48)30(23-26)54-8/h9-12,14,23,28,31-34,36-39,47-48,50-51H,13,15-22,24-25H2,1-8H3,(H,52,53). The number of aromatic hydroxyl groups is 1. The predicted octanol–water partition coefficient (Wildman–Crippen LogP) is 7.04. The summed E-state index contributed by atoms with van der Waals surface area (Å²) in [7, 11) is 1.42. The SMILES string of the molecule is COc1cc(C=CC(=O)OC2C(CO)OC(OC3CCC4(C)C(CCC5(C)C4CC=C4C6CC(C)(C)CCC6(C(=O)O)CCC45C)C3(C)C)C(O)C2O)ccc1O. The van der Waals surface area contributed by atoms with Crippen LogP contribution in [0.25, 0.3) is 6.08 Å². The van der Waals surface area contributed by atoms with Crippen LogP contribution in [0, 0.1) is 50.2 Å². The van der Waals surface area contributed by atoms with Crippen LogP contribution in [0.2, 0.25) is 0 Å². The van der Waals surface area contributed by atoms with E-state index in [1.807, 2.05) is 0 Å². The Morgan fingerprint density at radius 2 is 1.65 bits per heavy atom. The topological polar surface area (TPSA) is 172 Å². The fourth-order valence-corrected chi connectivity index (χ4v) is 13.5. The molecule has 0 radical (unpaired) electrons. The van der Waals surface area contributed by atoms with E-state index in [4.69, 9.17) is 18.9 Å². The first-order valence-corrected chi connectivity index (χ1v) is 21.1. The fourth-order valence-electron chi connectivity index (χ4n) is 13.5. The Balaban J connectivity index is 1.06. The average Bonchev–Trinajstić information content (AvgIpc) is 3.15. The number of ether oxygens (including phenoxy) is 4. The van der Waals surface area contributed by atoms with E-state index in [0.29, 0.717) is 17.4 Å². The predicted molar refractivity (Wildman–Crippen MR) is 213 cm³/mol. The Labute approximate surface area is 337 Å². The number of aliphatic hydroxyl groups is 3. The van der Waals surface area contributed by atoms with Crippen molar-refractivity contribution in [3.05, 3.63) is 41.5 Å². The number of allylic oxidation sites excluding steroid dienone is 2. The normalized spacial score (nSPS) is 43.4. The zero-order valence-corrected chi connectivity index (χ0v) is 35.1. The van der Waals surface area contributed by atoms with Crippen molar-refractivity contribution in [1.82, 2.24) is 0 Å². The lowest BCUT2D eigenvalue weighted by molar-refractivity contribution is -0.330. The number of carbonyl (C=O) groups is 2. The molecule has 13 atom stereocenters. The van der Waals surface area contributed by atoms with Gasteiger partial charge in [0.05, 0.1) is 25.2 Å². The van der Waals surface area contributed by atoms with Crippen LogP contribution < -0.4 is 4.74 Å². The molecule has 1 aliphatic heterocycles. The highest BCUT2D eigenvalue weighted by molar-refractivity contribution is 5.87. The number of phenols is 1. The van der Waals surface area contributed by atoms with Crippen LogP contribution in [0.5, 0.6) is 11.5 Å².